The van der Waals surface area contributed by atoms with Crippen LogP contribution >= 0.6 is 11.6 Å². The lowest BCUT2D eigenvalue weighted by atomic mass is 10.3. The third-order valence-electron chi connectivity index (χ3n) is 1.56. The molecule has 1 amide bonds. The van der Waals surface area contributed by atoms with Gasteiger partial charge in [0.1, 0.15) is 0 Å². The minimum atomic E-state index is -4.60. The standard InChI is InChI=1S/C7H7ClF3N3O/c1-3(15)12-2-4-5(8)6(14-13-4)7(9,10)11/h2H2,1H3,(H,12,15)(H,13,14). The van der Waals surface area contributed by atoms with Crippen LogP contribution in [0.1, 0.15) is 18.3 Å². The van der Waals surface area contributed by atoms with Gasteiger partial charge >= 0.3 is 6.18 Å². The zero-order valence-electron chi connectivity index (χ0n) is 7.57. The van der Waals surface area contributed by atoms with E-state index in [-0.39, 0.29) is 18.1 Å². The van der Waals surface area contributed by atoms with E-state index in [1.165, 1.54) is 6.92 Å². The molecule has 15 heavy (non-hydrogen) atoms. The molecule has 0 aliphatic rings. The lowest BCUT2D eigenvalue weighted by molar-refractivity contribution is -0.141. The molecule has 1 aromatic rings. The minimum Gasteiger partial charge on any atom is -0.351 e. The van der Waals surface area contributed by atoms with Gasteiger partial charge in [0.2, 0.25) is 5.91 Å². The number of aromatic amines is 1. The summed E-state index contributed by atoms with van der Waals surface area (Å²) in [5, 5.41) is 6.94. The normalized spacial score (nSPS) is 11.5. The Morgan fingerprint density at radius 1 is 1.60 bits per heavy atom. The topological polar surface area (TPSA) is 57.8 Å². The zero-order valence-corrected chi connectivity index (χ0v) is 8.33. The van der Waals surface area contributed by atoms with Crippen molar-refractivity contribution in [2.24, 2.45) is 0 Å². The van der Waals surface area contributed by atoms with E-state index < -0.39 is 16.9 Å². The Kier molecular flexibility index (Phi) is 3.23. The second-order valence-corrected chi connectivity index (χ2v) is 3.15. The second kappa shape index (κ2) is 4.09. The van der Waals surface area contributed by atoms with Gasteiger partial charge in [-0.1, -0.05) is 11.6 Å². The van der Waals surface area contributed by atoms with E-state index in [2.05, 4.69) is 15.5 Å². The number of alkyl halides is 3. The molecule has 0 saturated carbocycles. The first-order chi connectivity index (χ1) is 6.82. The highest BCUT2D eigenvalue weighted by atomic mass is 35.5. The van der Waals surface area contributed by atoms with E-state index in [0.717, 1.165) is 0 Å². The van der Waals surface area contributed by atoms with Crippen molar-refractivity contribution in [2.45, 2.75) is 19.6 Å². The number of rotatable bonds is 2. The number of aromatic nitrogens is 2. The predicted octanol–water partition coefficient (Wildman–Crippen LogP) is 1.72. The first kappa shape index (κ1) is 11.8. The summed E-state index contributed by atoms with van der Waals surface area (Å²) >= 11 is 5.43. The number of amides is 1. The minimum absolute atomic E-state index is 0.0270. The van der Waals surface area contributed by atoms with Crippen molar-refractivity contribution in [1.82, 2.24) is 15.5 Å². The van der Waals surface area contributed by atoms with Gasteiger partial charge in [0, 0.05) is 6.92 Å². The van der Waals surface area contributed by atoms with Crippen molar-refractivity contribution >= 4 is 17.5 Å². The van der Waals surface area contributed by atoms with E-state index in [9.17, 15) is 18.0 Å². The van der Waals surface area contributed by atoms with Crippen molar-refractivity contribution in [2.75, 3.05) is 0 Å². The van der Waals surface area contributed by atoms with Gasteiger partial charge in [0.25, 0.3) is 0 Å². The molecule has 1 heterocycles. The maximum absolute atomic E-state index is 12.2. The second-order valence-electron chi connectivity index (χ2n) is 2.77. The highest BCUT2D eigenvalue weighted by Gasteiger charge is 2.37. The van der Waals surface area contributed by atoms with E-state index in [1.54, 1.807) is 0 Å². The van der Waals surface area contributed by atoms with Crippen LogP contribution in [0.5, 0.6) is 0 Å². The molecule has 1 rings (SSSR count). The summed E-state index contributed by atoms with van der Waals surface area (Å²) < 4.78 is 36.6. The van der Waals surface area contributed by atoms with Crippen LogP contribution in [-0.2, 0) is 17.5 Å². The lowest BCUT2D eigenvalue weighted by Crippen LogP contribution is -2.19. The number of nitrogens with one attached hydrogen (secondary N) is 2. The fourth-order valence-corrected chi connectivity index (χ4v) is 1.14. The average Bonchev–Trinajstić information content (AvgIpc) is 2.42. The molecule has 0 saturated heterocycles. The van der Waals surface area contributed by atoms with Gasteiger partial charge in [-0.2, -0.15) is 18.3 Å². The molecule has 8 heteroatoms. The Bertz CT molecular complexity index is 374. The molecule has 0 atom stereocenters. The fourth-order valence-electron chi connectivity index (χ4n) is 0.882. The van der Waals surface area contributed by atoms with Gasteiger partial charge in [-0.3, -0.25) is 9.89 Å². The molecule has 84 valence electrons. The number of carbonyl (C=O) groups excluding carboxylic acids is 1. The van der Waals surface area contributed by atoms with Crippen LogP contribution in [0.3, 0.4) is 0 Å². The third-order valence-corrected chi connectivity index (χ3v) is 1.97. The molecule has 0 unspecified atom stereocenters. The van der Waals surface area contributed by atoms with Crippen molar-refractivity contribution in [3.05, 3.63) is 16.4 Å². The summed E-state index contributed by atoms with van der Waals surface area (Å²) in [6, 6.07) is 0. The van der Waals surface area contributed by atoms with Gasteiger partial charge in [0.05, 0.1) is 17.3 Å². The van der Waals surface area contributed by atoms with E-state index in [1.807, 2.05) is 0 Å². The molecule has 0 spiro atoms. The van der Waals surface area contributed by atoms with Crippen molar-refractivity contribution in [3.63, 3.8) is 0 Å². The monoisotopic (exact) mass is 241 g/mol. The number of hydrogen-bond donors (Lipinski definition) is 2. The average molecular weight is 242 g/mol. The van der Waals surface area contributed by atoms with Crippen molar-refractivity contribution < 1.29 is 18.0 Å². The highest BCUT2D eigenvalue weighted by Crippen LogP contribution is 2.34. The molecular weight excluding hydrogens is 235 g/mol. The first-order valence-electron chi connectivity index (χ1n) is 3.86. The van der Waals surface area contributed by atoms with Gasteiger partial charge in [0.15, 0.2) is 5.69 Å². The third kappa shape index (κ3) is 2.85. The largest absolute Gasteiger partial charge is 0.436 e. The molecule has 0 radical (unpaired) electrons. The van der Waals surface area contributed by atoms with Gasteiger partial charge in [-0.15, -0.1) is 0 Å². The number of H-pyrrole nitrogens is 1. The van der Waals surface area contributed by atoms with E-state index in [4.69, 9.17) is 11.6 Å². The summed E-state index contributed by atoms with van der Waals surface area (Å²) in [7, 11) is 0. The molecule has 0 aromatic carbocycles. The predicted molar refractivity (Wildman–Crippen MR) is 46.1 cm³/mol. The summed E-state index contributed by atoms with van der Waals surface area (Å²) in [4.78, 5) is 10.5. The Balaban J connectivity index is 2.85. The van der Waals surface area contributed by atoms with Crippen LogP contribution < -0.4 is 5.32 Å². The van der Waals surface area contributed by atoms with Gasteiger partial charge in [-0.25, -0.2) is 0 Å². The molecular formula is C7H7ClF3N3O. The Hall–Kier alpha value is -1.24. The fraction of sp³-hybridized carbons (Fsp3) is 0.429. The van der Waals surface area contributed by atoms with Crippen LogP contribution in [0.25, 0.3) is 0 Å². The number of nitrogens with zero attached hydrogens (tertiary/aromatic N) is 1. The Labute approximate surface area is 87.8 Å². The van der Waals surface area contributed by atoms with Crippen LogP contribution in [-0.4, -0.2) is 16.1 Å². The molecule has 0 aliphatic heterocycles. The molecule has 0 fully saturated rings. The number of hydrogen-bond acceptors (Lipinski definition) is 2. The molecule has 4 nitrogen and oxygen atoms in total. The Morgan fingerprint density at radius 2 is 2.20 bits per heavy atom. The first-order valence-corrected chi connectivity index (χ1v) is 4.24. The van der Waals surface area contributed by atoms with Crippen molar-refractivity contribution in [3.8, 4) is 0 Å². The quantitative estimate of drug-likeness (QED) is 0.828. The van der Waals surface area contributed by atoms with Gasteiger partial charge in [-0.05, 0) is 0 Å². The van der Waals surface area contributed by atoms with Crippen molar-refractivity contribution in [1.29, 1.82) is 0 Å². The smallest absolute Gasteiger partial charge is 0.351 e. The van der Waals surface area contributed by atoms with Crippen LogP contribution in [0.15, 0.2) is 0 Å². The van der Waals surface area contributed by atoms with Crippen LogP contribution in [0.2, 0.25) is 5.02 Å². The molecule has 2 N–H and O–H groups in total. The zero-order chi connectivity index (χ0) is 11.6. The number of halogens is 4. The SMILES string of the molecule is CC(=O)NCc1[nH]nc(C(F)(F)F)c1Cl. The summed E-state index contributed by atoms with van der Waals surface area (Å²) in [6.45, 7) is 1.13. The van der Waals surface area contributed by atoms with E-state index in [0.29, 0.717) is 0 Å². The summed E-state index contributed by atoms with van der Waals surface area (Å²) in [5.74, 6) is -0.366. The molecule has 0 bridgehead atoms. The summed E-state index contributed by atoms with van der Waals surface area (Å²) in [5.41, 5.74) is -1.15. The maximum Gasteiger partial charge on any atom is 0.436 e. The highest BCUT2D eigenvalue weighted by molar-refractivity contribution is 6.32. The number of carbonyl (C=O) groups is 1. The van der Waals surface area contributed by atoms with Crippen LogP contribution in [0, 0.1) is 0 Å². The van der Waals surface area contributed by atoms with Crippen LogP contribution in [0.4, 0.5) is 13.2 Å². The van der Waals surface area contributed by atoms with E-state index >= 15 is 0 Å². The maximum atomic E-state index is 12.2. The molecule has 0 aliphatic carbocycles. The van der Waals surface area contributed by atoms with Gasteiger partial charge < -0.3 is 5.32 Å². The summed E-state index contributed by atoms with van der Waals surface area (Å²) in [6.07, 6.45) is -4.60. The molecule has 1 aromatic heterocycles. The lowest BCUT2D eigenvalue weighted by Gasteiger charge is -2.02. The Morgan fingerprint density at radius 3 is 2.60 bits per heavy atom.